The molecule has 1 fully saturated rings. The fraction of sp³-hybridized carbons (Fsp3) is 0.500. The van der Waals surface area contributed by atoms with Gasteiger partial charge in [0.25, 0.3) is 0 Å². The lowest BCUT2D eigenvalue weighted by Gasteiger charge is -2.39. The number of sulfonamides is 1. The van der Waals surface area contributed by atoms with E-state index in [2.05, 4.69) is 35.4 Å². The molecule has 0 radical (unpaired) electrons. The molecule has 2 aromatic rings. The summed E-state index contributed by atoms with van der Waals surface area (Å²) in [5.74, 6) is 0. The third kappa shape index (κ3) is 3.12. The maximum Gasteiger partial charge on any atom is 0.211 e. The highest BCUT2D eigenvalue weighted by atomic mass is 32.2. The van der Waals surface area contributed by atoms with E-state index in [0.29, 0.717) is 13.1 Å². The Labute approximate surface area is 149 Å². The Morgan fingerprint density at radius 2 is 1.96 bits per heavy atom. The molecule has 2 aliphatic rings. The average molecular weight is 360 g/mol. The van der Waals surface area contributed by atoms with E-state index in [0.717, 1.165) is 31.7 Å². The smallest absolute Gasteiger partial charge is 0.211 e. The number of nitrogens with zero attached hydrogens (tertiary/aromatic N) is 4. The first-order valence-electron chi connectivity index (χ1n) is 8.60. The van der Waals surface area contributed by atoms with Gasteiger partial charge in [-0.1, -0.05) is 30.3 Å². The Balaban J connectivity index is 1.66. The fourth-order valence-electron chi connectivity index (χ4n) is 4.29. The van der Waals surface area contributed by atoms with Crippen LogP contribution >= 0.6 is 0 Å². The molecule has 134 valence electrons. The third-order valence-corrected chi connectivity index (χ3v) is 6.61. The summed E-state index contributed by atoms with van der Waals surface area (Å²) in [5.41, 5.74) is 3.39. The molecule has 3 heterocycles. The summed E-state index contributed by atoms with van der Waals surface area (Å²) in [6, 6.07) is 10.4. The Bertz CT molecular complexity index is 878. The van der Waals surface area contributed by atoms with Crippen LogP contribution in [0.1, 0.15) is 23.2 Å². The van der Waals surface area contributed by atoms with Gasteiger partial charge in [0.05, 0.1) is 11.9 Å². The normalized spacial score (nSPS) is 24.7. The quantitative estimate of drug-likeness (QED) is 0.829. The molecule has 0 aliphatic carbocycles. The zero-order chi connectivity index (χ0) is 17.7. The van der Waals surface area contributed by atoms with E-state index < -0.39 is 10.0 Å². The van der Waals surface area contributed by atoms with E-state index in [4.69, 9.17) is 5.10 Å². The zero-order valence-electron chi connectivity index (χ0n) is 14.7. The molecule has 0 unspecified atom stereocenters. The lowest BCUT2D eigenvalue weighted by atomic mass is 9.78. The van der Waals surface area contributed by atoms with Crippen LogP contribution in [0.3, 0.4) is 0 Å². The first-order chi connectivity index (χ1) is 11.9. The van der Waals surface area contributed by atoms with Crippen LogP contribution in [0.25, 0.3) is 0 Å². The third-order valence-electron chi connectivity index (χ3n) is 5.36. The van der Waals surface area contributed by atoms with Crippen LogP contribution < -0.4 is 0 Å². The minimum atomic E-state index is -3.17. The molecule has 25 heavy (non-hydrogen) atoms. The molecule has 1 aromatic carbocycles. The average Bonchev–Trinajstić information content (AvgIpc) is 3.13. The summed E-state index contributed by atoms with van der Waals surface area (Å²) in [4.78, 5) is 2.42. The lowest BCUT2D eigenvalue weighted by molar-refractivity contribution is 0.170. The van der Waals surface area contributed by atoms with Crippen LogP contribution in [0.5, 0.6) is 0 Å². The highest BCUT2D eigenvalue weighted by Crippen LogP contribution is 2.41. The maximum absolute atomic E-state index is 12.0. The van der Waals surface area contributed by atoms with Crippen molar-refractivity contribution >= 4 is 10.0 Å². The fourth-order valence-corrected chi connectivity index (χ4v) is 5.20. The van der Waals surface area contributed by atoms with Gasteiger partial charge >= 0.3 is 0 Å². The predicted octanol–water partition coefficient (Wildman–Crippen LogP) is 1.34. The van der Waals surface area contributed by atoms with Crippen molar-refractivity contribution in [2.75, 3.05) is 25.9 Å². The SMILES string of the molecule is Cn1cc2c(n1)[C@]1(CCN(S(C)(=O)=O)C1)CN(Cc1ccccc1)C2. The first kappa shape index (κ1) is 16.8. The number of rotatable bonds is 3. The second-order valence-corrected chi connectivity index (χ2v) is 9.42. The monoisotopic (exact) mass is 360 g/mol. The van der Waals surface area contributed by atoms with Gasteiger partial charge in [0.15, 0.2) is 0 Å². The minimum Gasteiger partial charge on any atom is -0.294 e. The van der Waals surface area contributed by atoms with Crippen molar-refractivity contribution in [1.29, 1.82) is 0 Å². The van der Waals surface area contributed by atoms with Crippen molar-refractivity contribution in [2.45, 2.75) is 24.9 Å². The van der Waals surface area contributed by atoms with Crippen molar-refractivity contribution in [2.24, 2.45) is 7.05 Å². The van der Waals surface area contributed by atoms with Crippen LogP contribution in [0.2, 0.25) is 0 Å². The number of benzene rings is 1. The molecular formula is C18H24N4O2S. The second-order valence-electron chi connectivity index (χ2n) is 7.43. The Morgan fingerprint density at radius 1 is 1.20 bits per heavy atom. The molecule has 0 amide bonds. The molecule has 1 spiro atoms. The molecular weight excluding hydrogens is 336 g/mol. The van der Waals surface area contributed by atoms with Crippen molar-refractivity contribution < 1.29 is 8.42 Å². The summed E-state index contributed by atoms with van der Waals surface area (Å²) in [7, 11) is -1.23. The van der Waals surface area contributed by atoms with Gasteiger partial charge in [0.1, 0.15) is 0 Å². The molecule has 0 saturated carbocycles. The standard InChI is InChI=1S/C18H24N4O2S/c1-20-11-16-12-21(10-15-6-4-3-5-7-15)13-18(17(16)19-20)8-9-22(14-18)25(2,23)24/h3-7,11H,8-10,12-14H2,1-2H3/t18-/m1/s1. The van der Waals surface area contributed by atoms with Crippen molar-refractivity contribution in [1.82, 2.24) is 19.0 Å². The Kier molecular flexibility index (Phi) is 3.97. The number of aromatic nitrogens is 2. The van der Waals surface area contributed by atoms with Crippen molar-refractivity contribution in [3.8, 4) is 0 Å². The van der Waals surface area contributed by atoms with Gasteiger partial charge in [-0.3, -0.25) is 9.58 Å². The van der Waals surface area contributed by atoms with Gasteiger partial charge in [-0.05, 0) is 12.0 Å². The van der Waals surface area contributed by atoms with Gasteiger partial charge in [0.2, 0.25) is 10.0 Å². The predicted molar refractivity (Wildman–Crippen MR) is 96.5 cm³/mol. The topological polar surface area (TPSA) is 58.4 Å². The Hall–Kier alpha value is -1.70. The second kappa shape index (κ2) is 5.93. The Morgan fingerprint density at radius 3 is 2.64 bits per heavy atom. The molecule has 4 rings (SSSR count). The molecule has 0 N–H and O–H groups in total. The molecule has 0 bridgehead atoms. The molecule has 1 saturated heterocycles. The minimum absolute atomic E-state index is 0.202. The summed E-state index contributed by atoms with van der Waals surface area (Å²) < 4.78 is 27.5. The van der Waals surface area contributed by atoms with Gasteiger partial charge < -0.3 is 0 Å². The summed E-state index contributed by atoms with van der Waals surface area (Å²) >= 11 is 0. The van der Waals surface area contributed by atoms with Crippen LogP contribution in [-0.2, 0) is 35.6 Å². The summed E-state index contributed by atoms with van der Waals surface area (Å²) in [6.07, 6.45) is 4.21. The zero-order valence-corrected chi connectivity index (χ0v) is 15.5. The molecule has 7 heteroatoms. The van der Waals surface area contributed by atoms with E-state index in [1.54, 1.807) is 4.31 Å². The van der Waals surface area contributed by atoms with Crippen LogP contribution in [0.4, 0.5) is 0 Å². The van der Waals surface area contributed by atoms with Crippen molar-refractivity contribution in [3.63, 3.8) is 0 Å². The highest BCUT2D eigenvalue weighted by Gasteiger charge is 2.48. The van der Waals surface area contributed by atoms with E-state index in [-0.39, 0.29) is 5.41 Å². The largest absolute Gasteiger partial charge is 0.294 e. The van der Waals surface area contributed by atoms with E-state index in [9.17, 15) is 8.42 Å². The molecule has 1 atom stereocenters. The van der Waals surface area contributed by atoms with Gasteiger partial charge in [-0.15, -0.1) is 0 Å². The van der Waals surface area contributed by atoms with E-state index in [1.165, 1.54) is 17.4 Å². The summed E-state index contributed by atoms with van der Waals surface area (Å²) in [6.45, 7) is 3.68. The number of fused-ring (bicyclic) bond motifs is 2. The van der Waals surface area contributed by atoms with E-state index in [1.807, 2.05) is 17.8 Å². The first-order valence-corrected chi connectivity index (χ1v) is 10.4. The summed E-state index contributed by atoms with van der Waals surface area (Å²) in [5, 5.41) is 4.71. The van der Waals surface area contributed by atoms with Crippen LogP contribution in [-0.4, -0.2) is 53.3 Å². The van der Waals surface area contributed by atoms with Crippen LogP contribution in [0.15, 0.2) is 36.5 Å². The van der Waals surface area contributed by atoms with Crippen LogP contribution in [0, 0.1) is 0 Å². The number of aryl methyl sites for hydroxylation is 1. The van der Waals surface area contributed by atoms with Crippen molar-refractivity contribution in [3.05, 3.63) is 53.3 Å². The van der Waals surface area contributed by atoms with E-state index >= 15 is 0 Å². The molecule has 2 aliphatic heterocycles. The highest BCUT2D eigenvalue weighted by molar-refractivity contribution is 7.88. The molecule has 6 nitrogen and oxygen atoms in total. The van der Waals surface area contributed by atoms with Gasteiger partial charge in [-0.25, -0.2) is 12.7 Å². The lowest BCUT2D eigenvalue weighted by Crippen LogP contribution is -2.47. The van der Waals surface area contributed by atoms with Gasteiger partial charge in [0, 0.05) is 56.9 Å². The number of hydrogen-bond acceptors (Lipinski definition) is 4. The number of hydrogen-bond donors (Lipinski definition) is 0. The van der Waals surface area contributed by atoms with Gasteiger partial charge in [-0.2, -0.15) is 5.10 Å². The molecule has 1 aromatic heterocycles. The maximum atomic E-state index is 12.0.